The molecule has 0 unspecified atom stereocenters. The minimum absolute atomic E-state index is 0.0207. The Bertz CT molecular complexity index is 734. The molecule has 0 spiro atoms. The summed E-state index contributed by atoms with van der Waals surface area (Å²) in [6.45, 7) is 1.48. The molecule has 1 aromatic carbocycles. The largest absolute Gasteiger partial charge is 0.300 e. The fourth-order valence-electron chi connectivity index (χ4n) is 2.59. The van der Waals surface area contributed by atoms with Gasteiger partial charge in [-0.2, -0.15) is 0 Å². The number of rotatable bonds is 5. The summed E-state index contributed by atoms with van der Waals surface area (Å²) in [5.74, 6) is -0.574. The van der Waals surface area contributed by atoms with Crippen LogP contribution >= 0.6 is 11.6 Å². The van der Waals surface area contributed by atoms with Crippen molar-refractivity contribution in [3.8, 4) is 0 Å². The fourth-order valence-corrected chi connectivity index (χ4v) is 4.80. The van der Waals surface area contributed by atoms with Gasteiger partial charge in [0.2, 0.25) is 0 Å². The molecule has 0 saturated heterocycles. The number of hydrogen-bond acceptors (Lipinski definition) is 4. The number of sulfone groups is 1. The molecule has 0 amide bonds. The molecule has 0 radical (unpaired) electrons. The minimum Gasteiger partial charge on any atom is -0.300 e. The number of benzene rings is 1. The van der Waals surface area contributed by atoms with Gasteiger partial charge in [-0.1, -0.05) is 17.7 Å². The van der Waals surface area contributed by atoms with E-state index in [4.69, 9.17) is 11.6 Å². The van der Waals surface area contributed by atoms with E-state index in [9.17, 15) is 18.0 Å². The van der Waals surface area contributed by atoms with Crippen LogP contribution in [0.2, 0.25) is 5.02 Å². The zero-order chi connectivity index (χ0) is 15.4. The zero-order valence-corrected chi connectivity index (χ0v) is 13.1. The Balaban J connectivity index is 1.85. The van der Waals surface area contributed by atoms with E-state index in [1.165, 1.54) is 25.1 Å². The molecular weight excluding hydrogens is 312 g/mol. The first-order valence-electron chi connectivity index (χ1n) is 6.90. The molecule has 3 rings (SSSR count). The molecule has 112 valence electrons. The molecule has 6 heteroatoms. The van der Waals surface area contributed by atoms with E-state index in [2.05, 4.69) is 0 Å². The number of halogens is 1. The average Bonchev–Trinajstić information content (AvgIpc) is 3.29. The first kappa shape index (κ1) is 14.7. The molecule has 0 heterocycles. The van der Waals surface area contributed by atoms with Crippen molar-refractivity contribution < 1.29 is 18.0 Å². The molecule has 2 aliphatic carbocycles. The predicted molar refractivity (Wildman–Crippen MR) is 78.3 cm³/mol. The summed E-state index contributed by atoms with van der Waals surface area (Å²) < 4.78 is 24.3. The summed E-state index contributed by atoms with van der Waals surface area (Å²) >= 11 is 6.06. The maximum absolute atomic E-state index is 12.2. The van der Waals surface area contributed by atoms with Crippen LogP contribution in [0.3, 0.4) is 0 Å². The van der Waals surface area contributed by atoms with Crippen molar-refractivity contribution in [3.05, 3.63) is 28.8 Å². The van der Waals surface area contributed by atoms with Gasteiger partial charge < -0.3 is 0 Å². The van der Waals surface area contributed by atoms with Gasteiger partial charge in [-0.3, -0.25) is 9.59 Å². The highest BCUT2D eigenvalue weighted by atomic mass is 35.5. The van der Waals surface area contributed by atoms with Gasteiger partial charge in [0.15, 0.2) is 15.6 Å². The van der Waals surface area contributed by atoms with Crippen LogP contribution in [0, 0.1) is 11.8 Å². The second-order valence-electron chi connectivity index (χ2n) is 5.81. The highest BCUT2D eigenvalue weighted by Gasteiger charge is 2.46. The third kappa shape index (κ3) is 2.64. The van der Waals surface area contributed by atoms with Gasteiger partial charge in [0.25, 0.3) is 0 Å². The maximum atomic E-state index is 12.2. The Morgan fingerprint density at radius 1 is 1.19 bits per heavy atom. The molecule has 2 fully saturated rings. The molecule has 2 atom stereocenters. The summed E-state index contributed by atoms with van der Waals surface area (Å²) in [7, 11) is -3.37. The van der Waals surface area contributed by atoms with E-state index in [1.54, 1.807) is 0 Å². The highest BCUT2D eigenvalue weighted by Crippen LogP contribution is 2.42. The zero-order valence-electron chi connectivity index (χ0n) is 11.5. The van der Waals surface area contributed by atoms with Crippen LogP contribution in [0.4, 0.5) is 0 Å². The molecule has 1 aromatic rings. The van der Waals surface area contributed by atoms with Gasteiger partial charge in [0, 0.05) is 17.4 Å². The summed E-state index contributed by atoms with van der Waals surface area (Å²) in [6, 6.07) is 4.32. The number of carbonyl (C=O) groups is 2. The van der Waals surface area contributed by atoms with Crippen LogP contribution < -0.4 is 0 Å². The van der Waals surface area contributed by atoms with Crippen molar-refractivity contribution in [2.75, 3.05) is 0 Å². The minimum atomic E-state index is -3.37. The Kier molecular flexibility index (Phi) is 3.45. The van der Waals surface area contributed by atoms with E-state index in [0.717, 1.165) is 0 Å². The van der Waals surface area contributed by atoms with Crippen LogP contribution in [-0.4, -0.2) is 25.2 Å². The quantitative estimate of drug-likeness (QED) is 0.780. The summed E-state index contributed by atoms with van der Waals surface area (Å²) in [5, 5.41) is -0.241. The SMILES string of the molecule is CC(=O)[C@H]1C[C@@H]1C(=O)c1ccc(S(=O)(=O)C2CC2)c(Cl)c1. The Labute approximate surface area is 128 Å². The van der Waals surface area contributed by atoms with Gasteiger partial charge in [-0.05, 0) is 38.3 Å². The molecule has 2 aliphatic rings. The van der Waals surface area contributed by atoms with E-state index >= 15 is 0 Å². The molecule has 0 aromatic heterocycles. The molecule has 0 aliphatic heterocycles. The number of carbonyl (C=O) groups excluding carboxylic acids is 2. The lowest BCUT2D eigenvalue weighted by Gasteiger charge is -2.07. The number of ketones is 2. The summed E-state index contributed by atoms with van der Waals surface area (Å²) in [6.07, 6.45) is 1.91. The van der Waals surface area contributed by atoms with Crippen molar-refractivity contribution >= 4 is 33.0 Å². The highest BCUT2D eigenvalue weighted by molar-refractivity contribution is 7.92. The lowest BCUT2D eigenvalue weighted by atomic mass is 10.1. The predicted octanol–water partition coefficient (Wildman–Crippen LogP) is 2.68. The Hall–Kier alpha value is -1.20. The molecule has 2 saturated carbocycles. The van der Waals surface area contributed by atoms with Crippen LogP contribution in [0.5, 0.6) is 0 Å². The second-order valence-corrected chi connectivity index (χ2v) is 8.42. The second kappa shape index (κ2) is 4.92. The van der Waals surface area contributed by atoms with E-state index in [-0.39, 0.29) is 38.6 Å². The van der Waals surface area contributed by atoms with E-state index < -0.39 is 9.84 Å². The molecular formula is C15H15ClO4S. The van der Waals surface area contributed by atoms with Crippen LogP contribution in [0.25, 0.3) is 0 Å². The van der Waals surface area contributed by atoms with Crippen molar-refractivity contribution in [2.45, 2.75) is 36.3 Å². The number of hydrogen-bond donors (Lipinski definition) is 0. The van der Waals surface area contributed by atoms with Crippen LogP contribution in [0.15, 0.2) is 23.1 Å². The molecule has 4 nitrogen and oxygen atoms in total. The molecule has 0 N–H and O–H groups in total. The van der Waals surface area contributed by atoms with Crippen molar-refractivity contribution in [1.82, 2.24) is 0 Å². The maximum Gasteiger partial charge on any atom is 0.182 e. The van der Waals surface area contributed by atoms with E-state index in [0.29, 0.717) is 24.8 Å². The van der Waals surface area contributed by atoms with Gasteiger partial charge in [-0.25, -0.2) is 8.42 Å². The first-order valence-corrected chi connectivity index (χ1v) is 8.83. The normalized spacial score (nSPS) is 24.7. The third-order valence-electron chi connectivity index (χ3n) is 4.14. The van der Waals surface area contributed by atoms with Crippen molar-refractivity contribution in [1.29, 1.82) is 0 Å². The Morgan fingerprint density at radius 3 is 2.33 bits per heavy atom. The number of Topliss-reactive ketones (excluding diaryl/α,β-unsaturated/α-hetero) is 2. The lowest BCUT2D eigenvalue weighted by molar-refractivity contribution is -0.118. The first-order chi connectivity index (χ1) is 9.82. The van der Waals surface area contributed by atoms with Gasteiger partial charge in [0.1, 0.15) is 5.78 Å². The van der Waals surface area contributed by atoms with Gasteiger partial charge in [0.05, 0.1) is 15.2 Å². The summed E-state index contributed by atoms with van der Waals surface area (Å²) in [4.78, 5) is 23.5. The average molecular weight is 327 g/mol. The topological polar surface area (TPSA) is 68.3 Å². The van der Waals surface area contributed by atoms with E-state index in [1.807, 2.05) is 0 Å². The standard InChI is InChI=1S/C15H15ClO4S/c1-8(17)11-7-12(11)15(18)9-2-5-14(13(16)6-9)21(19,20)10-3-4-10/h2,5-6,10-12H,3-4,7H2,1H3/t11-,12+/m1/s1. The van der Waals surface area contributed by atoms with Crippen LogP contribution in [-0.2, 0) is 14.6 Å². The van der Waals surface area contributed by atoms with Gasteiger partial charge >= 0.3 is 0 Å². The molecule has 0 bridgehead atoms. The summed E-state index contributed by atoms with van der Waals surface area (Å²) in [5.41, 5.74) is 0.378. The lowest BCUT2D eigenvalue weighted by Crippen LogP contribution is -2.10. The Morgan fingerprint density at radius 2 is 1.86 bits per heavy atom. The monoisotopic (exact) mass is 326 g/mol. The molecule has 21 heavy (non-hydrogen) atoms. The van der Waals surface area contributed by atoms with Crippen molar-refractivity contribution in [2.24, 2.45) is 11.8 Å². The smallest absolute Gasteiger partial charge is 0.182 e. The fraction of sp³-hybridized carbons (Fsp3) is 0.467. The third-order valence-corrected chi connectivity index (χ3v) is 6.88. The van der Waals surface area contributed by atoms with Crippen LogP contribution in [0.1, 0.15) is 36.5 Å². The van der Waals surface area contributed by atoms with Crippen molar-refractivity contribution in [3.63, 3.8) is 0 Å². The van der Waals surface area contributed by atoms with Gasteiger partial charge in [-0.15, -0.1) is 0 Å².